The molecule has 5 aliphatic rings. The van der Waals surface area contributed by atoms with Gasteiger partial charge in [-0.05, 0) is 36.1 Å². The van der Waals surface area contributed by atoms with Crippen molar-refractivity contribution in [1.29, 1.82) is 0 Å². The first-order valence-electron chi connectivity index (χ1n) is 7.84. The van der Waals surface area contributed by atoms with Crippen LogP contribution in [0.15, 0.2) is 35.6 Å². The summed E-state index contributed by atoms with van der Waals surface area (Å²) in [7, 11) is 3.45. The summed E-state index contributed by atoms with van der Waals surface area (Å²) in [4.78, 5) is 0. The van der Waals surface area contributed by atoms with Crippen molar-refractivity contribution in [1.82, 2.24) is 5.32 Å². The Hall–Kier alpha value is -1.94. The Kier molecular flexibility index (Phi) is 1.69. The van der Waals surface area contributed by atoms with Gasteiger partial charge in [-0.2, -0.15) is 0 Å². The number of fused-ring (bicyclic) bond motifs is 1. The molecule has 1 aromatic carbocycles. The van der Waals surface area contributed by atoms with Crippen molar-refractivity contribution in [3.63, 3.8) is 0 Å². The molecule has 1 N–H and O–H groups in total. The van der Waals surface area contributed by atoms with Crippen molar-refractivity contribution in [3.05, 3.63) is 46.7 Å². The van der Waals surface area contributed by atoms with Gasteiger partial charge in [0.05, 0.1) is 19.6 Å². The fourth-order valence-corrected chi connectivity index (χ4v) is 5.51. The van der Waals surface area contributed by atoms with Crippen LogP contribution >= 0.6 is 0 Å². The third-order valence-corrected chi connectivity index (χ3v) is 6.31. The Morgan fingerprint density at radius 3 is 2.95 bits per heavy atom. The molecule has 0 aromatic heterocycles. The van der Waals surface area contributed by atoms with Crippen molar-refractivity contribution < 1.29 is 14.2 Å². The molecule has 4 unspecified atom stereocenters. The molecule has 4 atom stereocenters. The minimum Gasteiger partial charge on any atom is -0.497 e. The number of hydrogen-bond donors (Lipinski definition) is 1. The van der Waals surface area contributed by atoms with Gasteiger partial charge in [0.1, 0.15) is 5.76 Å². The number of nitrogens with one attached hydrogen (secondary N) is 1. The molecule has 2 bridgehead atoms. The van der Waals surface area contributed by atoms with Gasteiger partial charge in [-0.1, -0.05) is 12.1 Å². The molecule has 0 amide bonds. The van der Waals surface area contributed by atoms with E-state index < -0.39 is 0 Å². The summed E-state index contributed by atoms with van der Waals surface area (Å²) < 4.78 is 17.6. The zero-order valence-corrected chi connectivity index (χ0v) is 12.6. The van der Waals surface area contributed by atoms with E-state index in [2.05, 4.69) is 23.5 Å². The summed E-state index contributed by atoms with van der Waals surface area (Å²) in [5.74, 6) is 2.69. The molecule has 22 heavy (non-hydrogen) atoms. The zero-order chi connectivity index (χ0) is 14.7. The van der Waals surface area contributed by atoms with Crippen LogP contribution in [0.4, 0.5) is 0 Å². The molecule has 2 spiro atoms. The second kappa shape index (κ2) is 3.20. The predicted molar refractivity (Wildman–Crippen MR) is 80.2 cm³/mol. The number of ether oxygens (including phenoxy) is 3. The average Bonchev–Trinajstić information content (AvgIpc) is 2.98. The molecule has 0 radical (unpaired) electrons. The highest BCUT2D eigenvalue weighted by Gasteiger charge is 2.76. The van der Waals surface area contributed by atoms with E-state index in [4.69, 9.17) is 14.2 Å². The van der Waals surface area contributed by atoms with E-state index in [-0.39, 0.29) is 17.1 Å². The van der Waals surface area contributed by atoms with E-state index in [1.807, 2.05) is 6.07 Å². The Morgan fingerprint density at radius 2 is 2.14 bits per heavy atom. The average molecular weight is 295 g/mol. The number of hydrogen-bond acceptors (Lipinski definition) is 4. The fraction of sp³-hybridized carbons (Fsp3) is 0.444. The van der Waals surface area contributed by atoms with Gasteiger partial charge in [-0.25, -0.2) is 0 Å². The lowest BCUT2D eigenvalue weighted by molar-refractivity contribution is 0.111. The molecule has 112 valence electrons. The molecule has 2 fully saturated rings. The lowest BCUT2D eigenvalue weighted by Gasteiger charge is -2.40. The van der Waals surface area contributed by atoms with Crippen LogP contribution in [0.1, 0.15) is 17.5 Å². The van der Waals surface area contributed by atoms with Crippen molar-refractivity contribution in [2.24, 2.45) is 0 Å². The Morgan fingerprint density at radius 1 is 1.23 bits per heavy atom. The Labute approximate surface area is 128 Å². The highest BCUT2D eigenvalue weighted by molar-refractivity contribution is 5.72. The lowest BCUT2D eigenvalue weighted by atomic mass is 9.64. The standard InChI is InChI=1S/C18H17NO3/c1-20-11-5-3-9-7-17-8-18-10(15(17)19-17)4-6-12(21-2)16(18)22-14(11)13(9)18/h3-6,15-16,19H,7-8H2,1-2H3. The maximum atomic E-state index is 6.43. The van der Waals surface area contributed by atoms with Crippen molar-refractivity contribution in [2.45, 2.75) is 35.9 Å². The maximum absolute atomic E-state index is 6.43. The summed E-state index contributed by atoms with van der Waals surface area (Å²) in [5, 5.41) is 3.73. The number of piperidine rings is 1. The molecule has 4 heteroatoms. The van der Waals surface area contributed by atoms with Gasteiger partial charge in [0.15, 0.2) is 17.6 Å². The summed E-state index contributed by atoms with van der Waals surface area (Å²) in [6.07, 6.45) is 6.48. The highest BCUT2D eigenvalue weighted by Crippen LogP contribution is 2.70. The quantitative estimate of drug-likeness (QED) is 0.846. The van der Waals surface area contributed by atoms with Crippen LogP contribution in [0.5, 0.6) is 11.5 Å². The van der Waals surface area contributed by atoms with E-state index in [0.29, 0.717) is 6.04 Å². The molecule has 1 aromatic rings. The fourth-order valence-electron chi connectivity index (χ4n) is 5.51. The second-order valence-electron chi connectivity index (χ2n) is 7.08. The van der Waals surface area contributed by atoms with E-state index in [0.717, 1.165) is 30.1 Å². The predicted octanol–water partition coefficient (Wildman–Crippen LogP) is 1.83. The van der Waals surface area contributed by atoms with Gasteiger partial charge in [0, 0.05) is 17.1 Å². The largest absolute Gasteiger partial charge is 0.497 e. The van der Waals surface area contributed by atoms with Gasteiger partial charge >= 0.3 is 0 Å². The molecule has 6 rings (SSSR count). The number of benzene rings is 1. The van der Waals surface area contributed by atoms with Crippen LogP contribution in [0.3, 0.4) is 0 Å². The van der Waals surface area contributed by atoms with Crippen molar-refractivity contribution >= 4 is 0 Å². The van der Waals surface area contributed by atoms with E-state index in [1.165, 1.54) is 16.7 Å². The van der Waals surface area contributed by atoms with Gasteiger partial charge in [0.2, 0.25) is 0 Å². The van der Waals surface area contributed by atoms with E-state index in [1.54, 1.807) is 14.2 Å². The normalized spacial score (nSPS) is 41.0. The Bertz CT molecular complexity index is 811. The summed E-state index contributed by atoms with van der Waals surface area (Å²) in [6, 6.07) is 4.76. The van der Waals surface area contributed by atoms with Gasteiger partial charge in [-0.3, -0.25) is 0 Å². The van der Waals surface area contributed by atoms with Gasteiger partial charge in [0.25, 0.3) is 0 Å². The van der Waals surface area contributed by atoms with Gasteiger partial charge in [-0.15, -0.1) is 0 Å². The molecular weight excluding hydrogens is 278 g/mol. The zero-order valence-electron chi connectivity index (χ0n) is 12.6. The molecule has 1 saturated carbocycles. The minimum absolute atomic E-state index is 0.0469. The van der Waals surface area contributed by atoms with E-state index in [9.17, 15) is 0 Å². The lowest BCUT2D eigenvalue weighted by Crippen LogP contribution is -2.47. The monoisotopic (exact) mass is 295 g/mol. The Balaban J connectivity index is 1.71. The molecule has 2 aliphatic heterocycles. The third-order valence-electron chi connectivity index (χ3n) is 6.31. The maximum Gasteiger partial charge on any atom is 0.169 e. The van der Waals surface area contributed by atoms with Crippen LogP contribution in [0.25, 0.3) is 0 Å². The summed E-state index contributed by atoms with van der Waals surface area (Å²) >= 11 is 0. The highest BCUT2D eigenvalue weighted by atomic mass is 16.6. The van der Waals surface area contributed by atoms with E-state index >= 15 is 0 Å². The first-order chi connectivity index (χ1) is 10.7. The minimum atomic E-state index is -0.0481. The molecule has 4 nitrogen and oxygen atoms in total. The first-order valence-corrected chi connectivity index (χ1v) is 7.84. The molecular formula is C18H17NO3. The second-order valence-corrected chi connectivity index (χ2v) is 7.08. The van der Waals surface area contributed by atoms with Crippen LogP contribution in [-0.4, -0.2) is 31.9 Å². The third kappa shape index (κ3) is 0.958. The first kappa shape index (κ1) is 11.6. The number of methoxy groups -OCH3 is 2. The topological polar surface area (TPSA) is 49.6 Å². The molecule has 2 heterocycles. The number of rotatable bonds is 2. The van der Waals surface area contributed by atoms with Crippen molar-refractivity contribution in [3.8, 4) is 11.5 Å². The number of allylic oxidation sites excluding steroid dienone is 2. The molecule has 3 aliphatic carbocycles. The molecule has 1 saturated heterocycles. The van der Waals surface area contributed by atoms with Crippen molar-refractivity contribution in [2.75, 3.05) is 14.2 Å². The van der Waals surface area contributed by atoms with Crippen LogP contribution in [-0.2, 0) is 16.6 Å². The van der Waals surface area contributed by atoms with Crippen LogP contribution in [0.2, 0.25) is 0 Å². The smallest absolute Gasteiger partial charge is 0.169 e. The van der Waals surface area contributed by atoms with Gasteiger partial charge < -0.3 is 19.5 Å². The SMILES string of the molecule is COC1=CC=C2C3NC34Cc3ccc(OC)c5c3C2(C4)C1O5. The van der Waals surface area contributed by atoms with Crippen LogP contribution in [0, 0.1) is 0 Å². The summed E-state index contributed by atoms with van der Waals surface area (Å²) in [5.41, 5.74) is 4.43. The summed E-state index contributed by atoms with van der Waals surface area (Å²) in [6.45, 7) is 0. The van der Waals surface area contributed by atoms with Crippen LogP contribution < -0.4 is 14.8 Å².